The van der Waals surface area contributed by atoms with Crippen molar-refractivity contribution in [2.24, 2.45) is 11.7 Å². The molecule has 1 amide bonds. The Morgan fingerprint density at radius 2 is 1.90 bits per heavy atom. The van der Waals surface area contributed by atoms with Gasteiger partial charge < -0.3 is 11.1 Å². The van der Waals surface area contributed by atoms with Crippen molar-refractivity contribution in [2.75, 3.05) is 5.32 Å². The van der Waals surface area contributed by atoms with E-state index in [9.17, 15) is 9.18 Å². The van der Waals surface area contributed by atoms with Crippen LogP contribution in [0.2, 0.25) is 5.02 Å². The van der Waals surface area contributed by atoms with Crippen molar-refractivity contribution in [1.82, 2.24) is 0 Å². The zero-order chi connectivity index (χ0) is 15.4. The highest BCUT2D eigenvalue weighted by Gasteiger charge is 2.22. The Hall–Kier alpha value is -1.91. The topological polar surface area (TPSA) is 55.1 Å². The quantitative estimate of drug-likeness (QED) is 0.903. The van der Waals surface area contributed by atoms with E-state index in [1.54, 1.807) is 13.0 Å². The molecule has 3 N–H and O–H groups in total. The zero-order valence-corrected chi connectivity index (χ0v) is 12.3. The summed E-state index contributed by atoms with van der Waals surface area (Å²) in [6.45, 7) is 1.74. The Balaban J connectivity index is 2.07. The van der Waals surface area contributed by atoms with E-state index in [4.69, 9.17) is 17.3 Å². The van der Waals surface area contributed by atoms with Gasteiger partial charge in [0.25, 0.3) is 0 Å². The van der Waals surface area contributed by atoms with Gasteiger partial charge in [-0.25, -0.2) is 4.39 Å². The van der Waals surface area contributed by atoms with Crippen LogP contribution in [0, 0.1) is 11.7 Å². The molecule has 0 heterocycles. The molecule has 2 unspecified atom stereocenters. The van der Waals surface area contributed by atoms with Gasteiger partial charge >= 0.3 is 0 Å². The van der Waals surface area contributed by atoms with Gasteiger partial charge in [0.1, 0.15) is 5.82 Å². The standard InChI is InChI=1S/C16H16ClFN2O/c1-10(15(19)11-5-3-2-4-6-11)16(21)20-12-7-8-13(17)14(18)9-12/h2-10,15H,19H2,1H3,(H,20,21). The van der Waals surface area contributed by atoms with E-state index in [1.807, 2.05) is 30.3 Å². The molecule has 2 rings (SSSR count). The second kappa shape index (κ2) is 6.70. The summed E-state index contributed by atoms with van der Waals surface area (Å²) in [4.78, 5) is 12.2. The van der Waals surface area contributed by atoms with Crippen LogP contribution in [0.3, 0.4) is 0 Å². The van der Waals surface area contributed by atoms with Gasteiger partial charge in [0.05, 0.1) is 10.9 Å². The number of anilines is 1. The maximum Gasteiger partial charge on any atom is 0.229 e. The number of benzene rings is 2. The van der Waals surface area contributed by atoms with Crippen LogP contribution in [0.1, 0.15) is 18.5 Å². The van der Waals surface area contributed by atoms with Gasteiger partial charge in [-0.3, -0.25) is 4.79 Å². The normalized spacial score (nSPS) is 13.5. The summed E-state index contributed by atoms with van der Waals surface area (Å²) in [6, 6.07) is 13.1. The van der Waals surface area contributed by atoms with E-state index < -0.39 is 17.8 Å². The summed E-state index contributed by atoms with van der Waals surface area (Å²) < 4.78 is 13.3. The SMILES string of the molecule is CC(C(=O)Nc1ccc(Cl)c(F)c1)C(N)c1ccccc1. The van der Waals surface area contributed by atoms with Gasteiger partial charge in [0, 0.05) is 11.7 Å². The molecule has 0 spiro atoms. The van der Waals surface area contributed by atoms with Crippen LogP contribution in [-0.2, 0) is 4.79 Å². The van der Waals surface area contributed by atoms with Crippen LogP contribution < -0.4 is 11.1 Å². The number of hydrogen-bond acceptors (Lipinski definition) is 2. The number of halogens is 2. The maximum absolute atomic E-state index is 13.3. The molecular weight excluding hydrogens is 291 g/mol. The van der Waals surface area contributed by atoms with Gasteiger partial charge in [-0.2, -0.15) is 0 Å². The molecule has 0 aliphatic heterocycles. The molecule has 0 saturated carbocycles. The molecule has 2 atom stereocenters. The number of rotatable bonds is 4. The Labute approximate surface area is 127 Å². The number of carbonyl (C=O) groups is 1. The molecule has 2 aromatic carbocycles. The van der Waals surface area contributed by atoms with Gasteiger partial charge in [0.15, 0.2) is 0 Å². The molecule has 0 bridgehead atoms. The first-order chi connectivity index (χ1) is 9.99. The minimum atomic E-state index is -0.575. The van der Waals surface area contributed by atoms with Crippen molar-refractivity contribution in [1.29, 1.82) is 0 Å². The highest BCUT2D eigenvalue weighted by molar-refractivity contribution is 6.30. The fourth-order valence-corrected chi connectivity index (χ4v) is 2.07. The van der Waals surface area contributed by atoms with Crippen LogP contribution >= 0.6 is 11.6 Å². The van der Waals surface area contributed by atoms with E-state index in [0.717, 1.165) is 5.56 Å². The van der Waals surface area contributed by atoms with Gasteiger partial charge in [0.2, 0.25) is 5.91 Å². The molecule has 0 aliphatic carbocycles. The third-order valence-corrected chi connectivity index (χ3v) is 3.63. The molecule has 110 valence electrons. The minimum Gasteiger partial charge on any atom is -0.326 e. The lowest BCUT2D eigenvalue weighted by Gasteiger charge is -2.20. The van der Waals surface area contributed by atoms with E-state index in [-0.39, 0.29) is 10.9 Å². The number of nitrogens with one attached hydrogen (secondary N) is 1. The lowest BCUT2D eigenvalue weighted by Crippen LogP contribution is -2.30. The van der Waals surface area contributed by atoms with Crippen molar-refractivity contribution >= 4 is 23.2 Å². The van der Waals surface area contributed by atoms with Crippen molar-refractivity contribution in [2.45, 2.75) is 13.0 Å². The van der Waals surface area contributed by atoms with E-state index in [1.165, 1.54) is 12.1 Å². The summed E-state index contributed by atoms with van der Waals surface area (Å²) >= 11 is 5.60. The van der Waals surface area contributed by atoms with Crippen molar-refractivity contribution in [3.8, 4) is 0 Å². The number of carbonyl (C=O) groups excluding carboxylic acids is 1. The van der Waals surface area contributed by atoms with Crippen molar-refractivity contribution < 1.29 is 9.18 Å². The first kappa shape index (κ1) is 15.5. The van der Waals surface area contributed by atoms with Gasteiger partial charge in [-0.1, -0.05) is 48.9 Å². The fourth-order valence-electron chi connectivity index (χ4n) is 1.96. The van der Waals surface area contributed by atoms with Crippen molar-refractivity contribution in [3.63, 3.8) is 0 Å². The molecule has 5 heteroatoms. The molecule has 0 saturated heterocycles. The Morgan fingerprint density at radius 3 is 2.52 bits per heavy atom. The highest BCUT2D eigenvalue weighted by atomic mass is 35.5. The largest absolute Gasteiger partial charge is 0.326 e. The smallest absolute Gasteiger partial charge is 0.229 e. The van der Waals surface area contributed by atoms with Crippen LogP contribution in [0.15, 0.2) is 48.5 Å². The summed E-state index contributed by atoms with van der Waals surface area (Å²) in [5.74, 6) is -1.30. The molecule has 2 aromatic rings. The molecule has 3 nitrogen and oxygen atoms in total. The van der Waals surface area contributed by atoms with E-state index >= 15 is 0 Å². The fraction of sp³-hybridized carbons (Fsp3) is 0.188. The van der Waals surface area contributed by atoms with Gasteiger partial charge in [-0.05, 0) is 23.8 Å². The Kier molecular flexibility index (Phi) is 4.94. The zero-order valence-electron chi connectivity index (χ0n) is 11.5. The van der Waals surface area contributed by atoms with Crippen LogP contribution in [0.4, 0.5) is 10.1 Å². The first-order valence-corrected chi connectivity index (χ1v) is 6.93. The van der Waals surface area contributed by atoms with E-state index in [2.05, 4.69) is 5.32 Å². The second-order valence-electron chi connectivity index (χ2n) is 4.84. The highest BCUT2D eigenvalue weighted by Crippen LogP contribution is 2.22. The monoisotopic (exact) mass is 306 g/mol. The molecule has 21 heavy (non-hydrogen) atoms. The molecule has 0 fully saturated rings. The molecule has 0 aliphatic rings. The predicted molar refractivity (Wildman–Crippen MR) is 82.6 cm³/mol. The summed E-state index contributed by atoms with van der Waals surface area (Å²) in [6.07, 6.45) is 0. The lowest BCUT2D eigenvalue weighted by molar-refractivity contribution is -0.120. The summed E-state index contributed by atoms with van der Waals surface area (Å²) in [5.41, 5.74) is 7.32. The van der Waals surface area contributed by atoms with Crippen LogP contribution in [0.5, 0.6) is 0 Å². The summed E-state index contributed by atoms with van der Waals surface area (Å²) in [5, 5.41) is 2.66. The Morgan fingerprint density at radius 1 is 1.24 bits per heavy atom. The van der Waals surface area contributed by atoms with E-state index in [0.29, 0.717) is 5.69 Å². The number of hydrogen-bond donors (Lipinski definition) is 2. The molecule has 0 radical (unpaired) electrons. The van der Waals surface area contributed by atoms with Crippen LogP contribution in [-0.4, -0.2) is 5.91 Å². The second-order valence-corrected chi connectivity index (χ2v) is 5.25. The predicted octanol–water partition coefficient (Wildman–Crippen LogP) is 3.75. The molecular formula is C16H16ClFN2O. The third kappa shape index (κ3) is 3.80. The maximum atomic E-state index is 13.3. The lowest BCUT2D eigenvalue weighted by atomic mass is 9.94. The third-order valence-electron chi connectivity index (χ3n) is 3.32. The number of nitrogens with two attached hydrogens (primary N) is 1. The minimum absolute atomic E-state index is 0.0158. The first-order valence-electron chi connectivity index (χ1n) is 6.55. The Bertz CT molecular complexity index is 633. The number of amides is 1. The summed E-state index contributed by atoms with van der Waals surface area (Å²) in [7, 11) is 0. The van der Waals surface area contributed by atoms with Crippen LogP contribution in [0.25, 0.3) is 0 Å². The molecule has 0 aromatic heterocycles. The average Bonchev–Trinajstić information content (AvgIpc) is 2.50. The van der Waals surface area contributed by atoms with Crippen molar-refractivity contribution in [3.05, 3.63) is 64.9 Å². The van der Waals surface area contributed by atoms with Gasteiger partial charge in [-0.15, -0.1) is 0 Å². The average molecular weight is 307 g/mol.